The van der Waals surface area contributed by atoms with Gasteiger partial charge in [-0.25, -0.2) is 9.78 Å². The Morgan fingerprint density at radius 2 is 0.779 bits per heavy atom. The molecule has 0 aromatic heterocycles. The Balaban J connectivity index is 1.21. The van der Waals surface area contributed by atoms with E-state index >= 15 is 0 Å². The summed E-state index contributed by atoms with van der Waals surface area (Å²) in [5, 5.41) is 229. The van der Waals surface area contributed by atoms with E-state index in [0.717, 1.165) is 6.92 Å². The minimum Gasteiger partial charge on any atom is -0.396 e. The Bertz CT molecular complexity index is 1670. The van der Waals surface area contributed by atoms with Gasteiger partial charge in [-0.3, -0.25) is 0 Å². The van der Waals surface area contributed by atoms with Gasteiger partial charge in [0.2, 0.25) is 12.6 Å². The van der Waals surface area contributed by atoms with E-state index in [0.29, 0.717) is 0 Å². The van der Waals surface area contributed by atoms with Crippen LogP contribution in [0, 0.1) is 5.92 Å². The Morgan fingerprint density at radius 1 is 0.403 bits per heavy atom. The van der Waals surface area contributed by atoms with Crippen molar-refractivity contribution < 1.29 is 174 Å². The maximum absolute atomic E-state index is 11.3. The first-order chi connectivity index (χ1) is 36.5. The van der Waals surface area contributed by atoms with Gasteiger partial charge in [0, 0.05) is 5.92 Å². The molecular weight excluding hydrogens is 1060 g/mol. The van der Waals surface area contributed by atoms with Crippen LogP contribution in [0.4, 0.5) is 0 Å². The van der Waals surface area contributed by atoms with E-state index in [1.807, 2.05) is 0 Å². The van der Waals surface area contributed by atoms with Crippen LogP contribution in [0.5, 0.6) is 0 Å². The van der Waals surface area contributed by atoms with Crippen molar-refractivity contribution in [1.82, 2.24) is 0 Å². The summed E-state index contributed by atoms with van der Waals surface area (Å²) in [6, 6.07) is 0. The van der Waals surface area contributed by atoms with Gasteiger partial charge in [-0.05, 0) is 13.8 Å². The molecule has 454 valence electrons. The number of aliphatic hydroxyl groups is 22. The molecule has 0 aromatic rings. The van der Waals surface area contributed by atoms with E-state index in [2.05, 4.69) is 0 Å². The molecule has 0 bridgehead atoms. The molecule has 35 heteroatoms. The summed E-state index contributed by atoms with van der Waals surface area (Å²) in [6.07, 6.45) is -58.0. The van der Waals surface area contributed by atoms with Crippen LogP contribution in [0.2, 0.25) is 0 Å². The van der Waals surface area contributed by atoms with Gasteiger partial charge in [0.25, 0.3) is 0 Å². The lowest BCUT2D eigenvalue weighted by Crippen LogP contribution is -2.67. The number of ether oxygens (including phenoxy) is 11. The number of hydrogen-bond acceptors (Lipinski definition) is 35. The molecule has 5 fully saturated rings. The molecule has 0 amide bonds. The third-order valence-electron chi connectivity index (χ3n) is 13.5. The summed E-state index contributed by atoms with van der Waals surface area (Å²) in [5.41, 5.74) is 0. The molecule has 4 aliphatic heterocycles. The predicted molar refractivity (Wildman–Crippen MR) is 234 cm³/mol. The van der Waals surface area contributed by atoms with Crippen molar-refractivity contribution in [3.8, 4) is 0 Å². The van der Waals surface area contributed by atoms with E-state index < -0.39 is 249 Å². The first-order valence-corrected chi connectivity index (χ1v) is 24.4. The van der Waals surface area contributed by atoms with E-state index in [1.54, 1.807) is 0 Å². The summed E-state index contributed by atoms with van der Waals surface area (Å²) in [5.74, 6) is -0.701. The molecular formula is C42H76O35. The zero-order chi connectivity index (χ0) is 57.3. The third kappa shape index (κ3) is 15.8. The molecule has 35 nitrogen and oxygen atoms in total. The summed E-state index contributed by atoms with van der Waals surface area (Å²) < 4.78 is 60.6. The fourth-order valence-electron chi connectivity index (χ4n) is 8.79. The van der Waals surface area contributed by atoms with Gasteiger partial charge in [0.05, 0.1) is 77.3 Å². The molecule has 0 radical (unpaired) electrons. The molecule has 0 spiro atoms. The molecule has 1 aliphatic carbocycles. The Hall–Kier alpha value is -1.40. The average molecular weight is 1140 g/mol. The highest BCUT2D eigenvalue weighted by Crippen LogP contribution is 2.39. The van der Waals surface area contributed by atoms with Crippen molar-refractivity contribution in [3.63, 3.8) is 0 Å². The third-order valence-corrected chi connectivity index (χ3v) is 13.5. The largest absolute Gasteiger partial charge is 0.396 e. The van der Waals surface area contributed by atoms with E-state index in [9.17, 15) is 107 Å². The maximum atomic E-state index is 11.3. The molecule has 31 atom stereocenters. The predicted octanol–water partition coefficient (Wildman–Crippen LogP) is -14.2. The normalized spacial score (nSPS) is 43.1. The van der Waals surface area contributed by atoms with Gasteiger partial charge in [-0.15, -0.1) is 0 Å². The van der Waals surface area contributed by atoms with Crippen molar-refractivity contribution in [1.29, 1.82) is 0 Å². The zero-order valence-electron chi connectivity index (χ0n) is 41.3. The van der Waals surface area contributed by atoms with Crippen molar-refractivity contribution in [2.24, 2.45) is 5.92 Å². The molecule has 5 rings (SSSR count). The van der Waals surface area contributed by atoms with Gasteiger partial charge in [-0.2, -0.15) is 0 Å². The molecule has 77 heavy (non-hydrogen) atoms. The Morgan fingerprint density at radius 3 is 1.10 bits per heavy atom. The zero-order valence-corrected chi connectivity index (χ0v) is 41.3. The minimum absolute atomic E-state index is 0.461. The lowest BCUT2D eigenvalue weighted by atomic mass is 9.95. The van der Waals surface area contributed by atoms with Crippen molar-refractivity contribution >= 4 is 0 Å². The van der Waals surface area contributed by atoms with Crippen LogP contribution >= 0.6 is 0 Å². The number of aliphatic hydroxyl groups excluding tert-OH is 21. The lowest BCUT2D eigenvalue weighted by molar-refractivity contribution is -0.433. The van der Waals surface area contributed by atoms with Crippen LogP contribution in [0.3, 0.4) is 0 Å². The first kappa shape index (κ1) is 66.4. The SMILES string of the molecule is C[C@H](O[C@@H](O)CO)C(CO)OC(OC(C(CO)OOC1C(CO)OC(OC2C(CO)OC(OC3C(CO)OC(OC4C(CO)OC(OC5C(O)C5CO)C(O)C4O)C(O)C3O)C(O)C2O)C(O)C1O)C(O)[C@@H](C)O)C(O)O. The highest BCUT2D eigenvalue weighted by atomic mass is 17.2. The monoisotopic (exact) mass is 1140 g/mol. The van der Waals surface area contributed by atoms with Crippen molar-refractivity contribution in [3.05, 3.63) is 0 Å². The Labute approximate surface area is 437 Å². The van der Waals surface area contributed by atoms with Crippen LogP contribution in [-0.2, 0) is 61.9 Å². The van der Waals surface area contributed by atoms with E-state index in [4.69, 9.17) is 67.0 Å². The standard InChI is InChI=1S/C42H76O35/c1-11(51)21(53)35(75-42(37(63)64)66-14(4-44)12(2)65-20(52)10-50)19(9-49)76-77-36-18(8-48)70-41(30(62)26(36)58)74-34-17(7-47)69-40(29(61)25(34)57)73-33-16(6-46)68-39(28(60)24(33)56)72-32-15(5-45)67-38(27(59)23(32)55)71-31-13(3-43)22(31)54/h11-64H,3-10H2,1-2H3/t11-,12+,13?,14?,15?,16?,17?,18?,19?,20-,21?,22?,23?,24?,25?,26?,27?,28?,29?,30?,31?,32?,33?,34?,35?,36?,38?,39?,40?,41?,42?/m1/s1. The van der Waals surface area contributed by atoms with Crippen LogP contribution in [0.25, 0.3) is 0 Å². The molecule has 1 saturated carbocycles. The highest BCUT2D eigenvalue weighted by molar-refractivity contribution is 5.02. The minimum atomic E-state index is -2.59. The fourth-order valence-corrected chi connectivity index (χ4v) is 8.79. The molecule has 0 aromatic carbocycles. The first-order valence-electron chi connectivity index (χ1n) is 24.4. The summed E-state index contributed by atoms with van der Waals surface area (Å²) in [7, 11) is 0. The van der Waals surface area contributed by atoms with Crippen molar-refractivity contribution in [2.75, 3.05) is 52.9 Å². The smallest absolute Gasteiger partial charge is 0.209 e. The molecule has 22 N–H and O–H groups in total. The van der Waals surface area contributed by atoms with Gasteiger partial charge in [0.1, 0.15) is 122 Å². The highest BCUT2D eigenvalue weighted by Gasteiger charge is 2.58. The topological polar surface area (TPSA) is 565 Å². The average Bonchev–Trinajstić information content (AvgIpc) is 4.08. The van der Waals surface area contributed by atoms with Crippen LogP contribution in [-0.4, -0.2) is 356 Å². The molecule has 4 saturated heterocycles. The van der Waals surface area contributed by atoms with Gasteiger partial charge < -0.3 is 164 Å². The van der Waals surface area contributed by atoms with E-state index in [1.165, 1.54) is 6.92 Å². The molecule has 4 heterocycles. The van der Waals surface area contributed by atoms with Crippen LogP contribution in [0.1, 0.15) is 13.8 Å². The van der Waals surface area contributed by atoms with E-state index in [-0.39, 0.29) is 0 Å². The lowest BCUT2D eigenvalue weighted by Gasteiger charge is -2.49. The number of rotatable bonds is 30. The fraction of sp³-hybridized carbons (Fsp3) is 1.00. The van der Waals surface area contributed by atoms with Crippen LogP contribution < -0.4 is 0 Å². The number of hydrogen-bond donors (Lipinski definition) is 22. The quantitative estimate of drug-likeness (QED) is 0.0180. The molecule has 5 aliphatic rings. The second-order valence-corrected chi connectivity index (χ2v) is 18.9. The van der Waals surface area contributed by atoms with Gasteiger partial charge in [-0.1, -0.05) is 0 Å². The second-order valence-electron chi connectivity index (χ2n) is 18.9. The second kappa shape index (κ2) is 30.2. The van der Waals surface area contributed by atoms with Crippen LogP contribution in [0.15, 0.2) is 0 Å². The maximum Gasteiger partial charge on any atom is 0.209 e. The Kier molecular flexibility index (Phi) is 26.1. The van der Waals surface area contributed by atoms with Crippen molar-refractivity contribution in [2.45, 2.75) is 204 Å². The summed E-state index contributed by atoms with van der Waals surface area (Å²) in [6.45, 7) is -5.18. The van der Waals surface area contributed by atoms with Gasteiger partial charge in [0.15, 0.2) is 31.5 Å². The summed E-state index contributed by atoms with van der Waals surface area (Å²) >= 11 is 0. The molecule has 28 unspecified atom stereocenters. The van der Waals surface area contributed by atoms with Gasteiger partial charge >= 0.3 is 0 Å². The summed E-state index contributed by atoms with van der Waals surface area (Å²) in [4.78, 5) is 10.5.